The van der Waals surface area contributed by atoms with Crippen molar-refractivity contribution in [1.82, 2.24) is 0 Å². The Morgan fingerprint density at radius 1 is 1.05 bits per heavy atom. The van der Waals surface area contributed by atoms with Crippen LogP contribution in [0.15, 0.2) is 18.2 Å². The lowest BCUT2D eigenvalue weighted by molar-refractivity contribution is -0.391. The van der Waals surface area contributed by atoms with Crippen LogP contribution in [-0.4, -0.2) is 18.3 Å². The molecule has 110 valence electrons. The molecule has 1 unspecified atom stereocenters. The molecule has 0 bridgehead atoms. The second kappa shape index (κ2) is 3.78. The van der Waals surface area contributed by atoms with E-state index in [1.54, 1.807) is 6.07 Å². The highest BCUT2D eigenvalue weighted by atomic mass is 19.3. The largest absolute Gasteiger partial charge is 0.507 e. The normalized spacial score (nSPS) is 25.9. The summed E-state index contributed by atoms with van der Waals surface area (Å²) in [5, 5.41) is 0. The molecule has 1 aromatic rings. The maximum Gasteiger partial charge on any atom is 0.507 e. The summed E-state index contributed by atoms with van der Waals surface area (Å²) in [6.07, 6.45) is -7.71. The average molecular weight is 291 g/mol. The molecule has 2 N–H and O–H groups in total. The highest BCUT2D eigenvalue weighted by molar-refractivity contribution is 5.48. The zero-order valence-electron chi connectivity index (χ0n) is 10.6. The second-order valence-electron chi connectivity index (χ2n) is 5.34. The molecule has 0 radical (unpaired) electrons. The minimum absolute atomic E-state index is 0.160. The molecule has 1 fully saturated rings. The summed E-state index contributed by atoms with van der Waals surface area (Å²) < 4.78 is 60.5. The fourth-order valence-corrected chi connectivity index (χ4v) is 2.52. The van der Waals surface area contributed by atoms with Crippen molar-refractivity contribution in [2.24, 2.45) is 5.73 Å². The van der Waals surface area contributed by atoms with Gasteiger partial charge in [0.2, 0.25) is 0 Å². The van der Waals surface area contributed by atoms with E-state index < -0.39 is 18.0 Å². The zero-order chi connectivity index (χ0) is 14.8. The van der Waals surface area contributed by atoms with Crippen LogP contribution in [0.3, 0.4) is 0 Å². The molecule has 0 amide bonds. The minimum atomic E-state index is -4.69. The Balaban J connectivity index is 2.00. The summed E-state index contributed by atoms with van der Waals surface area (Å²) >= 11 is 0. The summed E-state index contributed by atoms with van der Waals surface area (Å²) in [4.78, 5) is 0. The predicted molar refractivity (Wildman–Crippen MR) is 62.2 cm³/mol. The summed E-state index contributed by atoms with van der Waals surface area (Å²) in [6.45, 7) is 1.83. The molecule has 1 heterocycles. The third-order valence-electron chi connectivity index (χ3n) is 3.99. The number of ether oxygens (including phenoxy) is 2. The molecule has 1 aliphatic heterocycles. The van der Waals surface area contributed by atoms with Crippen LogP contribution in [0, 0.1) is 0 Å². The lowest BCUT2D eigenvalue weighted by Crippen LogP contribution is -2.52. The summed E-state index contributed by atoms with van der Waals surface area (Å²) in [6, 6.07) is 3.94. The van der Waals surface area contributed by atoms with Crippen molar-refractivity contribution in [2.45, 2.75) is 43.4 Å². The van der Waals surface area contributed by atoms with Crippen LogP contribution >= 0.6 is 0 Å². The zero-order valence-corrected chi connectivity index (χ0v) is 10.6. The number of benzene rings is 1. The van der Waals surface area contributed by atoms with Crippen LogP contribution in [0.2, 0.25) is 0 Å². The Kier molecular flexibility index (Phi) is 2.55. The molecule has 2 aliphatic rings. The first-order chi connectivity index (χ1) is 9.18. The number of fused-ring (bicyclic) bond motifs is 1. The van der Waals surface area contributed by atoms with Crippen molar-refractivity contribution in [1.29, 1.82) is 0 Å². The highest BCUT2D eigenvalue weighted by Gasteiger charge is 2.66. The van der Waals surface area contributed by atoms with E-state index >= 15 is 0 Å². The van der Waals surface area contributed by atoms with Crippen molar-refractivity contribution in [3.63, 3.8) is 0 Å². The number of alkyl halides is 4. The lowest BCUT2D eigenvalue weighted by Gasteiger charge is -2.32. The molecule has 20 heavy (non-hydrogen) atoms. The number of hydrogen-bond acceptors (Lipinski definition) is 3. The van der Waals surface area contributed by atoms with Gasteiger partial charge in [0.25, 0.3) is 0 Å². The molecule has 0 spiro atoms. The van der Waals surface area contributed by atoms with Gasteiger partial charge in [-0.1, -0.05) is 6.07 Å². The first-order valence-corrected chi connectivity index (χ1v) is 6.22. The van der Waals surface area contributed by atoms with E-state index in [9.17, 15) is 17.6 Å². The predicted octanol–water partition coefficient (Wildman–Crippen LogP) is 3.02. The van der Waals surface area contributed by atoms with Gasteiger partial charge in [-0.05, 0) is 37.5 Å². The Hall–Kier alpha value is -1.50. The van der Waals surface area contributed by atoms with Crippen molar-refractivity contribution in [2.75, 3.05) is 0 Å². The molecule has 0 aromatic heterocycles. The van der Waals surface area contributed by atoms with E-state index in [0.717, 1.165) is 12.8 Å². The molecule has 1 saturated carbocycles. The third-order valence-corrected chi connectivity index (χ3v) is 3.99. The Morgan fingerprint density at radius 2 is 1.60 bits per heavy atom. The van der Waals surface area contributed by atoms with Gasteiger partial charge >= 0.3 is 12.2 Å². The van der Waals surface area contributed by atoms with Crippen LogP contribution in [0.1, 0.15) is 25.3 Å². The molecule has 1 atom stereocenters. The third kappa shape index (κ3) is 1.76. The van der Waals surface area contributed by atoms with E-state index in [0.29, 0.717) is 5.56 Å². The molecular weight excluding hydrogens is 278 g/mol. The Labute approximate surface area is 112 Å². The number of rotatable bonds is 2. The fraction of sp³-hybridized carbons (Fsp3) is 0.538. The monoisotopic (exact) mass is 291 g/mol. The molecule has 1 aliphatic carbocycles. The van der Waals surface area contributed by atoms with Crippen molar-refractivity contribution < 1.29 is 27.0 Å². The molecule has 3 rings (SSSR count). The first kappa shape index (κ1) is 13.5. The SMILES string of the molecule is CC(N)C1(c2ccc3c(c2)OC(F)(F)C(F)(F)O3)CC1. The van der Waals surface area contributed by atoms with Crippen molar-refractivity contribution in [3.05, 3.63) is 23.8 Å². The Bertz CT molecular complexity index is 555. The van der Waals surface area contributed by atoms with Crippen LogP contribution < -0.4 is 15.2 Å². The van der Waals surface area contributed by atoms with Crippen LogP contribution in [-0.2, 0) is 5.41 Å². The highest BCUT2D eigenvalue weighted by Crippen LogP contribution is 2.53. The molecule has 0 saturated heterocycles. The number of hydrogen-bond donors (Lipinski definition) is 1. The van der Waals surface area contributed by atoms with Crippen LogP contribution in [0.25, 0.3) is 0 Å². The standard InChI is InChI=1S/C13H13F4NO2/c1-7(18)11(4-5-11)8-2-3-9-10(6-8)20-13(16,17)12(14,15)19-9/h2-3,6-7H,4-5,18H2,1H3. The minimum Gasteiger partial charge on any atom is -0.421 e. The number of nitrogens with two attached hydrogens (primary N) is 1. The first-order valence-electron chi connectivity index (χ1n) is 6.22. The smallest absolute Gasteiger partial charge is 0.421 e. The van der Waals surface area contributed by atoms with Gasteiger partial charge in [-0.25, -0.2) is 0 Å². The quantitative estimate of drug-likeness (QED) is 0.852. The molecule has 3 nitrogen and oxygen atoms in total. The molecule has 7 heteroatoms. The van der Waals surface area contributed by atoms with E-state index in [1.807, 2.05) is 6.92 Å². The molecule has 1 aromatic carbocycles. The lowest BCUT2D eigenvalue weighted by atomic mass is 9.89. The van der Waals surface area contributed by atoms with E-state index in [4.69, 9.17) is 5.73 Å². The maximum atomic E-state index is 13.1. The van der Waals surface area contributed by atoms with Crippen molar-refractivity contribution in [3.8, 4) is 11.5 Å². The topological polar surface area (TPSA) is 44.5 Å². The van der Waals surface area contributed by atoms with E-state index in [1.165, 1.54) is 12.1 Å². The number of halogens is 4. The van der Waals surface area contributed by atoms with E-state index in [2.05, 4.69) is 9.47 Å². The fourth-order valence-electron chi connectivity index (χ4n) is 2.52. The van der Waals surface area contributed by atoms with Crippen molar-refractivity contribution >= 4 is 0 Å². The summed E-state index contributed by atoms with van der Waals surface area (Å²) in [5.41, 5.74) is 6.32. The summed E-state index contributed by atoms with van der Waals surface area (Å²) in [5.74, 6) is -0.782. The van der Waals surface area contributed by atoms with Gasteiger partial charge in [-0.2, -0.15) is 17.6 Å². The van der Waals surface area contributed by atoms with Gasteiger partial charge < -0.3 is 15.2 Å². The van der Waals surface area contributed by atoms with Gasteiger partial charge in [-0.15, -0.1) is 0 Å². The maximum absolute atomic E-state index is 13.1. The van der Waals surface area contributed by atoms with Gasteiger partial charge in [0.1, 0.15) is 0 Å². The summed E-state index contributed by atoms with van der Waals surface area (Å²) in [7, 11) is 0. The second-order valence-corrected chi connectivity index (χ2v) is 5.34. The van der Waals surface area contributed by atoms with Crippen LogP contribution in [0.4, 0.5) is 17.6 Å². The van der Waals surface area contributed by atoms with Gasteiger partial charge in [-0.3, -0.25) is 0 Å². The van der Waals surface area contributed by atoms with Gasteiger partial charge in [0, 0.05) is 11.5 Å². The van der Waals surface area contributed by atoms with E-state index in [-0.39, 0.29) is 17.2 Å². The van der Waals surface area contributed by atoms with Crippen LogP contribution in [0.5, 0.6) is 11.5 Å². The molecular formula is C13H13F4NO2. The van der Waals surface area contributed by atoms with Gasteiger partial charge in [0.05, 0.1) is 0 Å². The Morgan fingerprint density at radius 3 is 2.10 bits per heavy atom. The van der Waals surface area contributed by atoms with Gasteiger partial charge in [0.15, 0.2) is 11.5 Å². The average Bonchev–Trinajstić information content (AvgIpc) is 3.10.